The van der Waals surface area contributed by atoms with Crippen molar-refractivity contribution in [2.75, 3.05) is 12.8 Å². The summed E-state index contributed by atoms with van der Waals surface area (Å²) in [4.78, 5) is 29.2. The molecule has 1 saturated heterocycles. The van der Waals surface area contributed by atoms with Crippen molar-refractivity contribution >= 4 is 13.6 Å². The van der Waals surface area contributed by atoms with E-state index in [4.69, 9.17) is 14.9 Å². The van der Waals surface area contributed by atoms with Crippen molar-refractivity contribution in [2.45, 2.75) is 18.9 Å². The molecule has 0 spiro atoms. The fourth-order valence-corrected chi connectivity index (χ4v) is 2.32. The topological polar surface area (TPSA) is 98.1 Å². The van der Waals surface area contributed by atoms with Gasteiger partial charge in [0, 0.05) is 0 Å². The van der Waals surface area contributed by atoms with Crippen molar-refractivity contribution < 1.29 is 55.2 Å². The molecule has 78 valence electrons. The van der Waals surface area contributed by atoms with E-state index >= 15 is 0 Å². The number of nitrogens with zero attached hydrogens (tertiary/aromatic N) is 1. The van der Waals surface area contributed by atoms with Crippen LogP contribution in [0.1, 0.15) is 14.3 Å². The smallest absolute Gasteiger partial charge is 1.00 e. The van der Waals surface area contributed by atoms with Gasteiger partial charge in [0.25, 0.3) is 0 Å². The molecule has 6 nitrogen and oxygen atoms in total. The van der Waals surface area contributed by atoms with Gasteiger partial charge in [0.2, 0.25) is 0 Å². The number of aliphatic carboxylic acids is 1. The van der Waals surface area contributed by atoms with E-state index in [1.807, 2.05) is 0 Å². The Hall–Kier alpha value is 0.580. The van der Waals surface area contributed by atoms with E-state index in [0.717, 1.165) is 0 Å². The van der Waals surface area contributed by atoms with Gasteiger partial charge in [0.15, 0.2) is 0 Å². The zero-order valence-corrected chi connectivity index (χ0v) is 10.9. The second-order valence-corrected chi connectivity index (χ2v) is 4.73. The third-order valence-corrected chi connectivity index (χ3v) is 2.75. The van der Waals surface area contributed by atoms with E-state index in [9.17, 15) is 9.36 Å². The summed E-state index contributed by atoms with van der Waals surface area (Å²) < 4.78 is 10.6. The molecule has 1 rings (SSSR count). The molecule has 8 heteroatoms. The minimum atomic E-state index is -4.13. The average molecular weight is 233 g/mol. The van der Waals surface area contributed by atoms with E-state index in [2.05, 4.69) is 0 Å². The molecule has 0 aliphatic carbocycles. The summed E-state index contributed by atoms with van der Waals surface area (Å²) in [5.74, 6) is -1.01. The number of carbonyl (C=O) groups is 1. The van der Waals surface area contributed by atoms with Crippen LogP contribution in [-0.2, 0) is 9.36 Å². The van der Waals surface area contributed by atoms with Crippen LogP contribution >= 0.6 is 7.60 Å². The molecule has 1 aliphatic heterocycles. The van der Waals surface area contributed by atoms with Crippen LogP contribution < -0.4 is 29.6 Å². The Kier molecular flexibility index (Phi) is 5.84. The van der Waals surface area contributed by atoms with E-state index in [1.54, 1.807) is 0 Å². The van der Waals surface area contributed by atoms with Gasteiger partial charge < -0.3 is 16.3 Å². The number of carboxylic acids is 1. The van der Waals surface area contributed by atoms with Gasteiger partial charge in [-0.25, -0.2) is 0 Å². The van der Waals surface area contributed by atoms with E-state index in [0.29, 0.717) is 19.4 Å². The summed E-state index contributed by atoms with van der Waals surface area (Å²) in [6, 6.07) is -0.729. The summed E-state index contributed by atoms with van der Waals surface area (Å²) >= 11 is 0. The molecule has 1 atom stereocenters. The quantitative estimate of drug-likeness (QED) is 0.350. The first-order valence-corrected chi connectivity index (χ1v) is 5.71. The fraction of sp³-hybridized carbons (Fsp3) is 0.833. The molecule has 0 amide bonds. The summed E-state index contributed by atoms with van der Waals surface area (Å²) in [5.41, 5.74) is 0. The van der Waals surface area contributed by atoms with Gasteiger partial charge >= 0.3 is 43.1 Å². The normalized spacial score (nSPS) is 23.1. The maximum absolute atomic E-state index is 10.6. The molecular weight excluding hydrogens is 220 g/mol. The van der Waals surface area contributed by atoms with Crippen LogP contribution in [0.15, 0.2) is 0 Å². The first-order chi connectivity index (χ1) is 5.90. The van der Waals surface area contributed by atoms with Crippen molar-refractivity contribution in [3.8, 4) is 0 Å². The minimum absolute atomic E-state index is 0. The molecule has 0 aromatic carbocycles. The molecule has 0 aromatic rings. The van der Waals surface area contributed by atoms with Crippen LogP contribution in [-0.4, -0.2) is 44.6 Å². The predicted octanol–water partition coefficient (Wildman–Crippen LogP) is -3.21. The zero-order valence-electron chi connectivity index (χ0n) is 8.96. The molecule has 14 heavy (non-hydrogen) atoms. The summed E-state index contributed by atoms with van der Waals surface area (Å²) in [6.07, 6.45) is 0.691. The average Bonchev–Trinajstić information content (AvgIpc) is 2.31. The summed E-state index contributed by atoms with van der Waals surface area (Å²) in [6.45, 7) is 0.447. The van der Waals surface area contributed by atoms with Crippen LogP contribution in [0.5, 0.6) is 0 Å². The monoisotopic (exact) mass is 233 g/mol. The largest absolute Gasteiger partial charge is 1.00 e. The third-order valence-electron chi connectivity index (χ3n) is 2.01. The van der Waals surface area contributed by atoms with Crippen molar-refractivity contribution in [2.24, 2.45) is 0 Å². The Labute approximate surface area is 105 Å². The number of hydrogen-bond acceptors (Lipinski definition) is 3. The first kappa shape index (κ1) is 14.6. The van der Waals surface area contributed by atoms with Crippen molar-refractivity contribution in [1.29, 1.82) is 0 Å². The Balaban J connectivity index is 0. The number of rotatable bonds is 3. The molecule has 0 unspecified atom stereocenters. The third kappa shape index (κ3) is 4.40. The number of carboxylic acid groups (broad SMARTS) is 1. The Bertz CT molecular complexity index is 260. The van der Waals surface area contributed by atoms with Crippen LogP contribution in [0, 0.1) is 0 Å². The van der Waals surface area contributed by atoms with Gasteiger partial charge in [-0.1, -0.05) is 0 Å². The summed E-state index contributed by atoms with van der Waals surface area (Å²) in [5, 5.41) is 8.69. The second kappa shape index (κ2) is 5.61. The van der Waals surface area contributed by atoms with Crippen LogP contribution in [0.4, 0.5) is 0 Å². The van der Waals surface area contributed by atoms with Crippen LogP contribution in [0.25, 0.3) is 0 Å². The molecule has 1 heterocycles. The Morgan fingerprint density at radius 2 is 2.14 bits per heavy atom. The van der Waals surface area contributed by atoms with Gasteiger partial charge in [0.1, 0.15) is 12.3 Å². The van der Waals surface area contributed by atoms with Gasteiger partial charge in [-0.2, -0.15) is 0 Å². The van der Waals surface area contributed by atoms with Gasteiger partial charge in [0.05, 0.1) is 0 Å². The molecule has 0 radical (unpaired) electrons. The fourth-order valence-electron chi connectivity index (χ4n) is 1.51. The molecule has 0 bridgehead atoms. The molecule has 3 N–H and O–H groups in total. The van der Waals surface area contributed by atoms with Crippen molar-refractivity contribution in [3.05, 3.63) is 0 Å². The number of likely N-dealkylation sites (tertiary alicyclic amines) is 1. The van der Waals surface area contributed by atoms with Gasteiger partial charge in [-0.05, 0) is 19.4 Å². The van der Waals surface area contributed by atoms with E-state index in [1.165, 1.54) is 4.90 Å². The Morgan fingerprint density at radius 1 is 1.57 bits per heavy atom. The minimum Gasteiger partial charge on any atom is -1.00 e. The number of hydrogen-bond donors (Lipinski definition) is 3. The maximum atomic E-state index is 10.6. The maximum Gasteiger partial charge on any atom is 1.00 e. The van der Waals surface area contributed by atoms with Gasteiger partial charge in [-0.3, -0.25) is 14.3 Å². The molecule has 1 fully saturated rings. The van der Waals surface area contributed by atoms with Crippen molar-refractivity contribution in [1.82, 2.24) is 4.90 Å². The SMILES string of the molecule is O=C(O)[C@@H]1CCCN1CP(=O)(O)O.[H-].[Na+]. The van der Waals surface area contributed by atoms with Crippen LogP contribution in [0.2, 0.25) is 0 Å². The first-order valence-electron chi connectivity index (χ1n) is 3.91. The zero-order chi connectivity index (χ0) is 10.1. The van der Waals surface area contributed by atoms with E-state index in [-0.39, 0.29) is 31.0 Å². The summed E-state index contributed by atoms with van der Waals surface area (Å²) in [7, 11) is -4.13. The van der Waals surface area contributed by atoms with E-state index < -0.39 is 25.9 Å². The molecule has 1 aliphatic rings. The van der Waals surface area contributed by atoms with Gasteiger partial charge in [-0.15, -0.1) is 0 Å². The predicted molar refractivity (Wildman–Crippen MR) is 45.4 cm³/mol. The Morgan fingerprint density at radius 3 is 2.57 bits per heavy atom. The van der Waals surface area contributed by atoms with Crippen LogP contribution in [0.3, 0.4) is 0 Å². The molecular formula is C6H13NNaO5P. The standard InChI is InChI=1S/C6H12NO5P.Na.H/c8-6(9)5-2-1-3-7(5)4-13(10,11)12;;/h5H,1-4H2,(H,8,9)(H2,10,11,12);;/q;+1;-1/t5-;;/m0../s1. The molecule has 0 saturated carbocycles. The van der Waals surface area contributed by atoms with Crippen molar-refractivity contribution in [3.63, 3.8) is 0 Å². The second-order valence-electron chi connectivity index (χ2n) is 3.11. The molecule has 0 aromatic heterocycles.